The van der Waals surface area contributed by atoms with Crippen molar-refractivity contribution in [2.75, 3.05) is 10.2 Å². The summed E-state index contributed by atoms with van der Waals surface area (Å²) in [6, 6.07) is 10.3. The lowest BCUT2D eigenvalue weighted by molar-refractivity contribution is -0.124. The van der Waals surface area contributed by atoms with Gasteiger partial charge in [-0.25, -0.2) is 4.90 Å². The largest absolute Gasteiger partial charge is 0.322 e. The first-order valence-corrected chi connectivity index (χ1v) is 12.0. The third-order valence-corrected chi connectivity index (χ3v) is 8.99. The number of halogens is 2. The summed E-state index contributed by atoms with van der Waals surface area (Å²) in [5.41, 5.74) is 2.19. The molecule has 5 aliphatic rings. The molecular formula is C25H20BrClN2O3. The zero-order valence-electron chi connectivity index (χ0n) is 17.2. The van der Waals surface area contributed by atoms with E-state index in [0.29, 0.717) is 33.8 Å². The maximum absolute atomic E-state index is 13.3. The molecule has 3 amide bonds. The van der Waals surface area contributed by atoms with Crippen molar-refractivity contribution < 1.29 is 14.4 Å². The number of hydrogen-bond acceptors (Lipinski definition) is 3. The van der Waals surface area contributed by atoms with Crippen molar-refractivity contribution in [2.45, 2.75) is 13.3 Å². The summed E-state index contributed by atoms with van der Waals surface area (Å²) in [5.74, 6) is 0.365. The second-order valence-electron chi connectivity index (χ2n) is 9.20. The Morgan fingerprint density at radius 1 is 1.06 bits per heavy atom. The fourth-order valence-electron chi connectivity index (χ4n) is 5.98. The molecule has 2 bridgehead atoms. The first-order valence-electron chi connectivity index (χ1n) is 10.8. The van der Waals surface area contributed by atoms with E-state index < -0.39 is 0 Å². The number of carbonyl (C=O) groups excluding carboxylic acids is 3. The molecule has 0 unspecified atom stereocenters. The van der Waals surface area contributed by atoms with Crippen molar-refractivity contribution >= 4 is 56.6 Å². The highest BCUT2D eigenvalue weighted by molar-refractivity contribution is 9.10. The molecule has 1 saturated heterocycles. The summed E-state index contributed by atoms with van der Waals surface area (Å²) in [5, 5.41) is 3.41. The van der Waals surface area contributed by atoms with Crippen molar-refractivity contribution in [3.8, 4) is 0 Å². The Morgan fingerprint density at radius 2 is 1.72 bits per heavy atom. The van der Waals surface area contributed by atoms with E-state index in [2.05, 4.69) is 33.4 Å². The SMILES string of the molecule is Cc1c(NC(=O)c2cccc(N3C(=O)[C@@H]4[C@H]5C=C[C@@H]([C@@H]6C[C@@H]56)[C@@H]4C3=O)c2)ccc(Br)c1Cl. The Kier molecular flexibility index (Phi) is 4.43. The number of nitrogens with one attached hydrogen (secondary N) is 1. The van der Waals surface area contributed by atoms with Gasteiger partial charge in [-0.1, -0.05) is 29.8 Å². The second kappa shape index (κ2) is 7.03. The van der Waals surface area contributed by atoms with E-state index in [1.54, 1.807) is 36.4 Å². The van der Waals surface area contributed by atoms with E-state index in [1.165, 1.54) is 4.90 Å². The number of imide groups is 1. The van der Waals surface area contributed by atoms with Crippen LogP contribution in [-0.4, -0.2) is 17.7 Å². The summed E-state index contributed by atoms with van der Waals surface area (Å²) in [6.07, 6.45) is 5.44. The molecule has 162 valence electrons. The third kappa shape index (κ3) is 2.78. The van der Waals surface area contributed by atoms with Crippen LogP contribution in [-0.2, 0) is 9.59 Å². The Bertz CT molecular complexity index is 1210. The molecule has 32 heavy (non-hydrogen) atoms. The van der Waals surface area contributed by atoms with Crippen molar-refractivity contribution in [1.82, 2.24) is 0 Å². The predicted octanol–water partition coefficient (Wildman–Crippen LogP) is 5.22. The molecule has 5 nitrogen and oxygen atoms in total. The number of anilines is 2. The fraction of sp³-hybridized carbons (Fsp3) is 0.320. The van der Waals surface area contributed by atoms with Crippen LogP contribution in [0.2, 0.25) is 5.02 Å². The Labute approximate surface area is 198 Å². The van der Waals surface area contributed by atoms with Crippen LogP contribution in [0.25, 0.3) is 0 Å². The smallest absolute Gasteiger partial charge is 0.255 e. The van der Waals surface area contributed by atoms with E-state index in [4.69, 9.17) is 11.6 Å². The van der Waals surface area contributed by atoms with Crippen LogP contribution in [0.1, 0.15) is 22.3 Å². The van der Waals surface area contributed by atoms with Gasteiger partial charge in [0.2, 0.25) is 11.8 Å². The molecule has 2 aromatic rings. The van der Waals surface area contributed by atoms with Crippen molar-refractivity contribution in [3.05, 3.63) is 69.2 Å². The highest BCUT2D eigenvalue weighted by Gasteiger charge is 2.67. The van der Waals surface area contributed by atoms with Crippen LogP contribution in [0.15, 0.2) is 53.0 Å². The van der Waals surface area contributed by atoms with E-state index in [0.717, 1.165) is 16.5 Å². The molecule has 4 aliphatic carbocycles. The lowest BCUT2D eigenvalue weighted by Crippen LogP contribution is -2.40. The number of allylic oxidation sites excluding steroid dienone is 2. The molecule has 6 atom stereocenters. The van der Waals surface area contributed by atoms with E-state index >= 15 is 0 Å². The van der Waals surface area contributed by atoms with Crippen LogP contribution in [0.5, 0.6) is 0 Å². The quantitative estimate of drug-likeness (QED) is 0.454. The molecule has 0 aromatic heterocycles. The van der Waals surface area contributed by atoms with Gasteiger partial charge in [-0.2, -0.15) is 0 Å². The van der Waals surface area contributed by atoms with Crippen molar-refractivity contribution in [1.29, 1.82) is 0 Å². The molecule has 0 radical (unpaired) electrons. The first kappa shape index (κ1) is 20.2. The van der Waals surface area contributed by atoms with Gasteiger partial charge in [0.25, 0.3) is 5.91 Å². The predicted molar refractivity (Wildman–Crippen MR) is 125 cm³/mol. The zero-order valence-corrected chi connectivity index (χ0v) is 19.6. The number of nitrogens with zero attached hydrogens (tertiary/aromatic N) is 1. The number of benzene rings is 2. The summed E-state index contributed by atoms with van der Waals surface area (Å²) in [7, 11) is 0. The van der Waals surface area contributed by atoms with E-state index in [9.17, 15) is 14.4 Å². The van der Waals surface area contributed by atoms with Crippen LogP contribution in [0.4, 0.5) is 11.4 Å². The maximum Gasteiger partial charge on any atom is 0.255 e. The third-order valence-electron chi connectivity index (χ3n) is 7.62. The lowest BCUT2D eigenvalue weighted by atomic mass is 9.63. The zero-order chi connectivity index (χ0) is 22.3. The first-order chi connectivity index (χ1) is 15.4. The van der Waals surface area contributed by atoms with Gasteiger partial charge in [0.05, 0.1) is 22.5 Å². The molecule has 7 rings (SSSR count). The number of rotatable bonds is 3. The number of carbonyl (C=O) groups is 3. The van der Waals surface area contributed by atoms with E-state index in [-0.39, 0.29) is 41.4 Å². The molecule has 1 heterocycles. The van der Waals surface area contributed by atoms with Gasteiger partial charge in [-0.3, -0.25) is 14.4 Å². The molecule has 1 N–H and O–H groups in total. The Hall–Kier alpha value is -2.44. The van der Waals surface area contributed by atoms with Gasteiger partial charge < -0.3 is 5.32 Å². The van der Waals surface area contributed by atoms with Gasteiger partial charge in [-0.05, 0) is 88.8 Å². The second-order valence-corrected chi connectivity index (χ2v) is 10.4. The van der Waals surface area contributed by atoms with Gasteiger partial charge >= 0.3 is 0 Å². The summed E-state index contributed by atoms with van der Waals surface area (Å²) in [6.45, 7) is 1.83. The number of amides is 3. The van der Waals surface area contributed by atoms with Gasteiger partial charge in [0, 0.05) is 15.7 Å². The summed E-state index contributed by atoms with van der Waals surface area (Å²) >= 11 is 9.65. The average Bonchev–Trinajstić information content (AvgIpc) is 3.57. The van der Waals surface area contributed by atoms with Crippen molar-refractivity contribution in [3.63, 3.8) is 0 Å². The molecule has 7 heteroatoms. The fourth-order valence-corrected chi connectivity index (χ4v) is 6.57. The van der Waals surface area contributed by atoms with Gasteiger partial charge in [-0.15, -0.1) is 0 Å². The monoisotopic (exact) mass is 510 g/mol. The van der Waals surface area contributed by atoms with Crippen molar-refractivity contribution in [2.24, 2.45) is 35.5 Å². The number of hydrogen-bond donors (Lipinski definition) is 1. The molecular weight excluding hydrogens is 492 g/mol. The van der Waals surface area contributed by atoms with E-state index in [1.807, 2.05) is 6.92 Å². The van der Waals surface area contributed by atoms with Crippen LogP contribution >= 0.6 is 27.5 Å². The summed E-state index contributed by atoms with van der Waals surface area (Å²) in [4.78, 5) is 40.9. The molecule has 2 aromatic carbocycles. The molecule has 3 fully saturated rings. The molecule has 1 aliphatic heterocycles. The minimum atomic E-state index is -0.326. The van der Waals surface area contributed by atoms with Gasteiger partial charge in [0.1, 0.15) is 0 Å². The highest BCUT2D eigenvalue weighted by atomic mass is 79.9. The topological polar surface area (TPSA) is 66.5 Å². The molecule has 0 spiro atoms. The maximum atomic E-state index is 13.3. The lowest BCUT2D eigenvalue weighted by Gasteiger charge is -2.37. The van der Waals surface area contributed by atoms with Crippen LogP contribution < -0.4 is 10.2 Å². The average molecular weight is 512 g/mol. The Balaban J connectivity index is 1.28. The minimum absolute atomic E-state index is 0.127. The Morgan fingerprint density at radius 3 is 2.38 bits per heavy atom. The minimum Gasteiger partial charge on any atom is -0.322 e. The normalized spacial score (nSPS) is 31.5. The summed E-state index contributed by atoms with van der Waals surface area (Å²) < 4.78 is 0.755. The van der Waals surface area contributed by atoms with Gasteiger partial charge in [0.15, 0.2) is 0 Å². The molecule has 2 saturated carbocycles. The van der Waals surface area contributed by atoms with Crippen LogP contribution in [0, 0.1) is 42.4 Å². The standard InChI is InChI=1S/C25H20BrClN2O3/c1-11-19(8-7-18(26)22(11)27)28-23(30)12-3-2-4-13(9-12)29-24(31)20-14-5-6-15(17-10-16(14)17)21(20)25(29)32/h2-9,14-17,20-21H,10H2,1H3,(H,28,30)/t14-,15-,16-,17-,20-,21+/m0/s1. The van der Waals surface area contributed by atoms with Crippen LogP contribution in [0.3, 0.4) is 0 Å². The highest BCUT2D eigenvalue weighted by Crippen LogP contribution is 2.65.